The lowest BCUT2D eigenvalue weighted by Gasteiger charge is -2.17. The molecule has 1 N–H and O–H groups in total. The molecule has 0 radical (unpaired) electrons. The summed E-state index contributed by atoms with van der Waals surface area (Å²) in [4.78, 5) is 0. The zero-order valence-electron chi connectivity index (χ0n) is 12.9. The Morgan fingerprint density at radius 1 is 1.24 bits per heavy atom. The third-order valence-electron chi connectivity index (χ3n) is 3.66. The van der Waals surface area contributed by atoms with Gasteiger partial charge in [-0.05, 0) is 49.9 Å². The Hall–Kier alpha value is -0.940. The van der Waals surface area contributed by atoms with Crippen molar-refractivity contribution in [1.82, 2.24) is 5.32 Å². The molecule has 0 spiro atoms. The van der Waals surface area contributed by atoms with Gasteiger partial charge in [-0.3, -0.25) is 0 Å². The number of sulfone groups is 1. The van der Waals surface area contributed by atoms with E-state index in [2.05, 4.69) is 5.32 Å². The lowest BCUT2D eigenvalue weighted by Crippen LogP contribution is -2.25. The molecule has 0 saturated carbocycles. The fraction of sp³-hybridized carbons (Fsp3) is 0.625. The van der Waals surface area contributed by atoms with Crippen LogP contribution in [0.1, 0.15) is 32.3 Å². The van der Waals surface area contributed by atoms with E-state index in [1.165, 1.54) is 6.07 Å². The molecule has 0 fully saturated rings. The van der Waals surface area contributed by atoms with E-state index in [4.69, 9.17) is 0 Å². The molecule has 5 heteroatoms. The standard InChI is InChI=1S/C16H26FNO2S/c1-3-18-13-14(8-7-11-21(19,20)4-2)12-15-9-5-6-10-16(15)17/h5-6,9-10,14,18H,3-4,7-8,11-13H2,1-2H3. The van der Waals surface area contributed by atoms with E-state index in [9.17, 15) is 12.8 Å². The SMILES string of the molecule is CCNCC(CCCS(=O)(=O)CC)Cc1ccccc1F. The molecule has 0 amide bonds. The summed E-state index contributed by atoms with van der Waals surface area (Å²) in [6, 6.07) is 6.80. The quantitative estimate of drug-likeness (QED) is 0.722. The van der Waals surface area contributed by atoms with E-state index in [1.807, 2.05) is 13.0 Å². The summed E-state index contributed by atoms with van der Waals surface area (Å²) < 4.78 is 36.8. The molecule has 0 saturated heterocycles. The maximum Gasteiger partial charge on any atom is 0.150 e. The van der Waals surface area contributed by atoms with Crippen LogP contribution in [0, 0.1) is 11.7 Å². The fourth-order valence-electron chi connectivity index (χ4n) is 2.34. The summed E-state index contributed by atoms with van der Waals surface area (Å²) in [5.41, 5.74) is 0.707. The summed E-state index contributed by atoms with van der Waals surface area (Å²) >= 11 is 0. The highest BCUT2D eigenvalue weighted by Crippen LogP contribution is 2.17. The van der Waals surface area contributed by atoms with Crippen molar-refractivity contribution in [3.63, 3.8) is 0 Å². The Morgan fingerprint density at radius 3 is 2.57 bits per heavy atom. The van der Waals surface area contributed by atoms with Crippen LogP contribution in [0.3, 0.4) is 0 Å². The van der Waals surface area contributed by atoms with Crippen molar-refractivity contribution in [2.75, 3.05) is 24.6 Å². The highest BCUT2D eigenvalue weighted by Gasteiger charge is 2.14. The third-order valence-corrected chi connectivity index (χ3v) is 5.45. The highest BCUT2D eigenvalue weighted by molar-refractivity contribution is 7.91. The van der Waals surface area contributed by atoms with Crippen LogP contribution in [-0.4, -0.2) is 33.0 Å². The highest BCUT2D eigenvalue weighted by atomic mass is 32.2. The predicted octanol–water partition coefficient (Wildman–Crippen LogP) is 2.81. The van der Waals surface area contributed by atoms with Gasteiger partial charge in [0.05, 0.1) is 5.75 Å². The Morgan fingerprint density at radius 2 is 1.95 bits per heavy atom. The second-order valence-electron chi connectivity index (χ2n) is 5.35. The topological polar surface area (TPSA) is 46.2 Å². The number of halogens is 1. The van der Waals surface area contributed by atoms with Gasteiger partial charge in [0.25, 0.3) is 0 Å². The first-order chi connectivity index (χ1) is 9.98. The van der Waals surface area contributed by atoms with E-state index >= 15 is 0 Å². The molecule has 0 bridgehead atoms. The molecule has 0 aliphatic heterocycles. The van der Waals surface area contributed by atoms with Gasteiger partial charge >= 0.3 is 0 Å². The van der Waals surface area contributed by atoms with Gasteiger partial charge in [0, 0.05) is 5.75 Å². The summed E-state index contributed by atoms with van der Waals surface area (Å²) in [6.07, 6.45) is 2.08. The summed E-state index contributed by atoms with van der Waals surface area (Å²) in [7, 11) is -2.91. The monoisotopic (exact) mass is 315 g/mol. The van der Waals surface area contributed by atoms with Crippen LogP contribution in [-0.2, 0) is 16.3 Å². The molecule has 0 aliphatic carbocycles. The molecule has 0 aliphatic rings. The van der Waals surface area contributed by atoms with Gasteiger partial charge in [-0.25, -0.2) is 12.8 Å². The largest absolute Gasteiger partial charge is 0.317 e. The van der Waals surface area contributed by atoms with E-state index in [0.717, 1.165) is 19.5 Å². The molecule has 120 valence electrons. The first-order valence-electron chi connectivity index (χ1n) is 7.63. The van der Waals surface area contributed by atoms with Crippen molar-refractivity contribution in [2.45, 2.75) is 33.1 Å². The third kappa shape index (κ3) is 7.05. The van der Waals surface area contributed by atoms with E-state index in [1.54, 1.807) is 19.1 Å². The Balaban J connectivity index is 2.57. The molecule has 0 heterocycles. The van der Waals surface area contributed by atoms with Gasteiger partial charge in [0.1, 0.15) is 15.7 Å². The van der Waals surface area contributed by atoms with Gasteiger partial charge in [0.2, 0.25) is 0 Å². The number of hydrogen-bond donors (Lipinski definition) is 1. The lowest BCUT2D eigenvalue weighted by atomic mass is 9.94. The van der Waals surface area contributed by atoms with Gasteiger partial charge in [-0.1, -0.05) is 32.0 Å². The second-order valence-corrected chi connectivity index (χ2v) is 7.82. The van der Waals surface area contributed by atoms with E-state index in [0.29, 0.717) is 18.4 Å². The Kier molecular flexibility index (Phi) is 7.89. The van der Waals surface area contributed by atoms with Gasteiger partial charge in [-0.15, -0.1) is 0 Å². The molecular weight excluding hydrogens is 289 g/mol. The van der Waals surface area contributed by atoms with Crippen LogP contribution in [0.5, 0.6) is 0 Å². The maximum absolute atomic E-state index is 13.7. The number of benzene rings is 1. The predicted molar refractivity (Wildman–Crippen MR) is 85.7 cm³/mol. The molecule has 1 unspecified atom stereocenters. The van der Waals surface area contributed by atoms with Crippen molar-refractivity contribution >= 4 is 9.84 Å². The average Bonchev–Trinajstić information content (AvgIpc) is 2.46. The van der Waals surface area contributed by atoms with Crippen molar-refractivity contribution < 1.29 is 12.8 Å². The van der Waals surface area contributed by atoms with Crippen LogP contribution in [0.2, 0.25) is 0 Å². The van der Waals surface area contributed by atoms with Crippen molar-refractivity contribution in [1.29, 1.82) is 0 Å². The molecule has 1 aromatic rings. The summed E-state index contributed by atoms with van der Waals surface area (Å²) in [5.74, 6) is 0.496. The fourth-order valence-corrected chi connectivity index (χ4v) is 3.23. The molecule has 0 aromatic heterocycles. The molecular formula is C16H26FNO2S. The Bertz CT molecular complexity index is 517. The zero-order valence-corrected chi connectivity index (χ0v) is 13.8. The van der Waals surface area contributed by atoms with Crippen LogP contribution in [0.25, 0.3) is 0 Å². The maximum atomic E-state index is 13.7. The lowest BCUT2D eigenvalue weighted by molar-refractivity contribution is 0.436. The number of hydrogen-bond acceptors (Lipinski definition) is 3. The van der Waals surface area contributed by atoms with Crippen LogP contribution in [0.15, 0.2) is 24.3 Å². The van der Waals surface area contributed by atoms with Crippen LogP contribution >= 0.6 is 0 Å². The van der Waals surface area contributed by atoms with Crippen molar-refractivity contribution in [3.8, 4) is 0 Å². The minimum absolute atomic E-state index is 0.180. The molecule has 3 nitrogen and oxygen atoms in total. The first kappa shape index (κ1) is 18.1. The van der Waals surface area contributed by atoms with Gasteiger partial charge < -0.3 is 5.32 Å². The van der Waals surface area contributed by atoms with Crippen LogP contribution < -0.4 is 5.32 Å². The number of nitrogens with one attached hydrogen (secondary N) is 1. The van der Waals surface area contributed by atoms with Crippen LogP contribution in [0.4, 0.5) is 4.39 Å². The first-order valence-corrected chi connectivity index (χ1v) is 9.45. The second kappa shape index (κ2) is 9.15. The Labute approximate surface area is 127 Å². The summed E-state index contributed by atoms with van der Waals surface area (Å²) in [5, 5.41) is 3.28. The smallest absolute Gasteiger partial charge is 0.150 e. The van der Waals surface area contributed by atoms with Gasteiger partial charge in [-0.2, -0.15) is 0 Å². The molecule has 21 heavy (non-hydrogen) atoms. The summed E-state index contributed by atoms with van der Waals surface area (Å²) in [6.45, 7) is 5.35. The van der Waals surface area contributed by atoms with E-state index < -0.39 is 9.84 Å². The molecule has 1 rings (SSSR count). The average molecular weight is 315 g/mol. The molecule has 1 atom stereocenters. The number of rotatable bonds is 10. The minimum atomic E-state index is -2.91. The zero-order chi connectivity index (χ0) is 15.7. The van der Waals surface area contributed by atoms with Crippen molar-refractivity contribution in [2.24, 2.45) is 5.92 Å². The minimum Gasteiger partial charge on any atom is -0.317 e. The van der Waals surface area contributed by atoms with Gasteiger partial charge in [0.15, 0.2) is 0 Å². The van der Waals surface area contributed by atoms with Crippen molar-refractivity contribution in [3.05, 3.63) is 35.6 Å². The molecule has 1 aromatic carbocycles. The van der Waals surface area contributed by atoms with E-state index in [-0.39, 0.29) is 23.2 Å². The normalized spacial score (nSPS) is 13.3.